The van der Waals surface area contributed by atoms with Crippen molar-refractivity contribution in [2.75, 3.05) is 33.3 Å². The Labute approximate surface area is 191 Å². The summed E-state index contributed by atoms with van der Waals surface area (Å²) in [6.45, 7) is 2.26. The molecule has 2 heterocycles. The molecular formula is C20H27F3IN5O. The maximum absolute atomic E-state index is 13.0. The number of ether oxygens (including phenoxy) is 1. The van der Waals surface area contributed by atoms with Crippen LogP contribution in [0.25, 0.3) is 0 Å². The zero-order valence-electron chi connectivity index (χ0n) is 17.0. The number of aromatic nitrogens is 2. The van der Waals surface area contributed by atoms with Crippen LogP contribution >= 0.6 is 24.0 Å². The molecule has 1 fully saturated rings. The van der Waals surface area contributed by atoms with Gasteiger partial charge in [0.2, 0.25) is 0 Å². The molecule has 0 aliphatic carbocycles. The van der Waals surface area contributed by atoms with E-state index in [1.807, 2.05) is 24.3 Å². The Morgan fingerprint density at radius 1 is 1.37 bits per heavy atom. The third-order valence-electron chi connectivity index (χ3n) is 4.85. The van der Waals surface area contributed by atoms with Crippen LogP contribution in [0, 0.1) is 0 Å². The van der Waals surface area contributed by atoms with Gasteiger partial charge in [0.1, 0.15) is 6.10 Å². The molecule has 0 amide bonds. The lowest BCUT2D eigenvalue weighted by molar-refractivity contribution is -0.137. The second-order valence-corrected chi connectivity index (χ2v) is 7.03. The van der Waals surface area contributed by atoms with E-state index >= 15 is 0 Å². The number of hydrogen-bond donors (Lipinski definition) is 1. The maximum atomic E-state index is 13.0. The van der Waals surface area contributed by atoms with Gasteiger partial charge in [-0.3, -0.25) is 9.67 Å². The second-order valence-electron chi connectivity index (χ2n) is 7.03. The van der Waals surface area contributed by atoms with Crippen molar-refractivity contribution < 1.29 is 17.9 Å². The number of halogens is 4. The summed E-state index contributed by atoms with van der Waals surface area (Å²) < 4.78 is 46.5. The lowest BCUT2D eigenvalue weighted by Crippen LogP contribution is -2.48. The van der Waals surface area contributed by atoms with Crippen molar-refractivity contribution >= 4 is 29.9 Å². The van der Waals surface area contributed by atoms with Crippen molar-refractivity contribution in [1.82, 2.24) is 20.0 Å². The van der Waals surface area contributed by atoms with Crippen molar-refractivity contribution in [3.05, 3.63) is 53.3 Å². The molecule has 3 rings (SSSR count). The van der Waals surface area contributed by atoms with Gasteiger partial charge in [-0.15, -0.1) is 24.0 Å². The van der Waals surface area contributed by atoms with Gasteiger partial charge < -0.3 is 15.0 Å². The SMILES string of the molecule is CN=C(NCCCc1cnn(C)c1)N1CCOC(c2cccc(C(F)(F)F)c2)C1.I. The van der Waals surface area contributed by atoms with E-state index in [4.69, 9.17) is 4.74 Å². The van der Waals surface area contributed by atoms with Gasteiger partial charge in [-0.25, -0.2) is 0 Å². The molecule has 1 aromatic heterocycles. The zero-order chi connectivity index (χ0) is 20.9. The van der Waals surface area contributed by atoms with Crippen LogP contribution in [0.5, 0.6) is 0 Å². The van der Waals surface area contributed by atoms with Gasteiger partial charge in [-0.1, -0.05) is 12.1 Å². The summed E-state index contributed by atoms with van der Waals surface area (Å²) in [7, 11) is 3.60. The van der Waals surface area contributed by atoms with E-state index in [9.17, 15) is 13.2 Å². The summed E-state index contributed by atoms with van der Waals surface area (Å²) in [4.78, 5) is 6.35. The standard InChI is InChI=1S/C20H26F3N5O.HI/c1-24-19(25-8-4-5-15-12-26-27(2)13-15)28-9-10-29-18(14-28)16-6-3-7-17(11-16)20(21,22)23;/h3,6-7,11-13,18H,4-5,8-10,14H2,1-2H3,(H,24,25);1H. The number of aryl methyl sites for hydroxylation is 2. The molecule has 1 aliphatic rings. The molecule has 0 radical (unpaired) electrons. The fourth-order valence-corrected chi connectivity index (χ4v) is 3.38. The third-order valence-corrected chi connectivity index (χ3v) is 4.85. The first-order valence-corrected chi connectivity index (χ1v) is 9.58. The van der Waals surface area contributed by atoms with Gasteiger partial charge in [0, 0.05) is 33.4 Å². The molecule has 0 bridgehead atoms. The van der Waals surface area contributed by atoms with Crippen LogP contribution in [0.1, 0.15) is 29.2 Å². The zero-order valence-corrected chi connectivity index (χ0v) is 19.4. The third kappa shape index (κ3) is 6.59. The summed E-state index contributed by atoms with van der Waals surface area (Å²) in [6, 6.07) is 5.34. The van der Waals surface area contributed by atoms with E-state index in [1.165, 1.54) is 11.6 Å². The first-order chi connectivity index (χ1) is 13.9. The molecule has 30 heavy (non-hydrogen) atoms. The molecule has 1 N–H and O–H groups in total. The minimum absolute atomic E-state index is 0. The normalized spacial score (nSPS) is 17.6. The largest absolute Gasteiger partial charge is 0.416 e. The van der Waals surface area contributed by atoms with Crippen molar-refractivity contribution in [2.24, 2.45) is 12.0 Å². The summed E-state index contributed by atoms with van der Waals surface area (Å²) in [5.74, 6) is 0.733. The van der Waals surface area contributed by atoms with Crippen LogP contribution in [0.15, 0.2) is 41.7 Å². The van der Waals surface area contributed by atoms with Crippen molar-refractivity contribution in [3.63, 3.8) is 0 Å². The lowest BCUT2D eigenvalue weighted by atomic mass is 10.0. The molecule has 0 saturated carbocycles. The van der Waals surface area contributed by atoms with Crippen LogP contribution < -0.4 is 5.32 Å². The quantitative estimate of drug-likeness (QED) is 0.274. The number of rotatable bonds is 5. The molecule has 1 saturated heterocycles. The first kappa shape index (κ1) is 24.4. The first-order valence-electron chi connectivity index (χ1n) is 9.58. The highest BCUT2D eigenvalue weighted by Gasteiger charge is 2.32. The molecule has 1 aliphatic heterocycles. The number of nitrogens with one attached hydrogen (secondary N) is 1. The second kappa shape index (κ2) is 11.0. The topological polar surface area (TPSA) is 54.7 Å². The number of hydrogen-bond acceptors (Lipinski definition) is 3. The smallest absolute Gasteiger partial charge is 0.370 e. The number of morpholine rings is 1. The molecule has 166 valence electrons. The highest BCUT2D eigenvalue weighted by atomic mass is 127. The predicted molar refractivity (Wildman–Crippen MR) is 120 cm³/mol. The lowest BCUT2D eigenvalue weighted by Gasteiger charge is -2.35. The fraction of sp³-hybridized carbons (Fsp3) is 0.500. The fourth-order valence-electron chi connectivity index (χ4n) is 3.38. The minimum Gasteiger partial charge on any atom is -0.370 e. The summed E-state index contributed by atoms with van der Waals surface area (Å²) in [6.07, 6.45) is 0.892. The number of nitrogens with zero attached hydrogens (tertiary/aromatic N) is 4. The molecule has 6 nitrogen and oxygen atoms in total. The monoisotopic (exact) mass is 537 g/mol. The number of alkyl halides is 3. The molecule has 1 atom stereocenters. The van der Waals surface area contributed by atoms with Gasteiger partial charge in [-0.05, 0) is 36.1 Å². The molecule has 1 unspecified atom stereocenters. The minimum atomic E-state index is -4.36. The summed E-state index contributed by atoms with van der Waals surface area (Å²) in [5, 5.41) is 7.50. The highest BCUT2D eigenvalue weighted by Crippen LogP contribution is 2.32. The Hall–Kier alpha value is -1.82. The Bertz CT molecular complexity index is 840. The number of aliphatic imine (C=N–C) groups is 1. The average molecular weight is 537 g/mol. The van der Waals surface area contributed by atoms with Crippen LogP contribution in [0.4, 0.5) is 13.2 Å². The maximum Gasteiger partial charge on any atom is 0.416 e. The van der Waals surface area contributed by atoms with Gasteiger partial charge in [0.15, 0.2) is 5.96 Å². The van der Waals surface area contributed by atoms with Crippen molar-refractivity contribution in [3.8, 4) is 0 Å². The van der Waals surface area contributed by atoms with Gasteiger partial charge in [0.25, 0.3) is 0 Å². The van der Waals surface area contributed by atoms with E-state index in [0.717, 1.165) is 37.5 Å². The van der Waals surface area contributed by atoms with Crippen molar-refractivity contribution in [1.29, 1.82) is 0 Å². The van der Waals surface area contributed by atoms with Crippen molar-refractivity contribution in [2.45, 2.75) is 25.1 Å². The molecular weight excluding hydrogens is 510 g/mol. The summed E-state index contributed by atoms with van der Waals surface area (Å²) >= 11 is 0. The molecule has 2 aromatic rings. The van der Waals surface area contributed by atoms with Gasteiger partial charge in [-0.2, -0.15) is 18.3 Å². The van der Waals surface area contributed by atoms with Crippen LogP contribution in [0.3, 0.4) is 0 Å². The predicted octanol–water partition coefficient (Wildman–Crippen LogP) is 3.64. The number of guanidine groups is 1. The van der Waals surface area contributed by atoms with E-state index in [-0.39, 0.29) is 24.0 Å². The van der Waals surface area contributed by atoms with Crippen LogP contribution in [-0.2, 0) is 24.4 Å². The van der Waals surface area contributed by atoms with Crippen LogP contribution in [-0.4, -0.2) is 53.9 Å². The van der Waals surface area contributed by atoms with E-state index in [1.54, 1.807) is 17.8 Å². The Morgan fingerprint density at radius 2 is 2.17 bits per heavy atom. The molecule has 1 aromatic carbocycles. The van der Waals surface area contributed by atoms with E-state index in [0.29, 0.717) is 25.3 Å². The average Bonchev–Trinajstić information content (AvgIpc) is 3.13. The van der Waals surface area contributed by atoms with Gasteiger partial charge >= 0.3 is 6.18 Å². The van der Waals surface area contributed by atoms with Crippen LogP contribution in [0.2, 0.25) is 0 Å². The van der Waals surface area contributed by atoms with Gasteiger partial charge in [0.05, 0.1) is 24.9 Å². The molecule has 10 heteroatoms. The van der Waals surface area contributed by atoms with E-state index < -0.39 is 17.8 Å². The van der Waals surface area contributed by atoms with E-state index in [2.05, 4.69) is 15.4 Å². The highest BCUT2D eigenvalue weighted by molar-refractivity contribution is 14.0. The summed E-state index contributed by atoms with van der Waals surface area (Å²) in [5.41, 5.74) is 1.05. The Morgan fingerprint density at radius 3 is 2.83 bits per heavy atom. The Balaban J connectivity index is 0.00000320. The molecule has 0 spiro atoms. The number of benzene rings is 1. The Kier molecular flexibility index (Phi) is 8.95.